The van der Waals surface area contributed by atoms with Crippen LogP contribution in [0, 0.1) is 5.92 Å². The minimum Gasteiger partial charge on any atom is -0.443 e. The molecule has 0 atom stereocenters. The first-order valence-electron chi connectivity index (χ1n) is 10.4. The molecule has 0 spiro atoms. The van der Waals surface area contributed by atoms with E-state index < -0.39 is 23.4 Å². The van der Waals surface area contributed by atoms with Gasteiger partial charge < -0.3 is 14.4 Å². The van der Waals surface area contributed by atoms with Gasteiger partial charge in [-0.05, 0) is 99.5 Å². The summed E-state index contributed by atoms with van der Waals surface area (Å²) in [6.45, 7) is 13.5. The highest BCUT2D eigenvalue weighted by molar-refractivity contribution is 8.13. The van der Waals surface area contributed by atoms with Gasteiger partial charge in [0.25, 0.3) is 0 Å². The number of thioether (sulfide) groups is 1. The molecule has 0 aromatic carbocycles. The van der Waals surface area contributed by atoms with Crippen molar-refractivity contribution in [3.8, 4) is 0 Å². The molecule has 1 heterocycles. The van der Waals surface area contributed by atoms with Crippen molar-refractivity contribution in [3.63, 3.8) is 0 Å². The van der Waals surface area contributed by atoms with Crippen LogP contribution in [-0.4, -0.2) is 71.3 Å². The van der Waals surface area contributed by atoms with Gasteiger partial charge in [-0.15, -0.1) is 0 Å². The van der Waals surface area contributed by atoms with Crippen molar-refractivity contribution in [1.82, 2.24) is 9.80 Å². The Morgan fingerprint density at radius 3 is 2.10 bits per heavy atom. The number of ether oxygens (including phenoxy) is 2. The highest BCUT2D eigenvalue weighted by Crippen LogP contribution is 2.22. The van der Waals surface area contributed by atoms with E-state index in [0.29, 0.717) is 17.6 Å². The molecule has 0 aromatic heterocycles. The number of carbonyl (C=O) groups excluding carboxylic acids is 2. The van der Waals surface area contributed by atoms with Crippen LogP contribution in [0.1, 0.15) is 67.2 Å². The lowest BCUT2D eigenvalue weighted by Crippen LogP contribution is -2.41. The molecule has 1 fully saturated rings. The Morgan fingerprint density at radius 2 is 1.62 bits per heavy atom. The van der Waals surface area contributed by atoms with Gasteiger partial charge in [0.1, 0.15) is 11.2 Å². The van der Waals surface area contributed by atoms with Gasteiger partial charge in [-0.25, -0.2) is 9.59 Å². The lowest BCUT2D eigenvalue weighted by atomic mass is 9.92. The molecule has 29 heavy (non-hydrogen) atoms. The van der Waals surface area contributed by atoms with Gasteiger partial charge in [0.2, 0.25) is 0 Å². The van der Waals surface area contributed by atoms with E-state index in [1.54, 1.807) is 27.0 Å². The summed E-state index contributed by atoms with van der Waals surface area (Å²) >= 11 is 1.24. The lowest BCUT2D eigenvalue weighted by molar-refractivity contribution is 0.0369. The molecule has 2 amide bonds. The van der Waals surface area contributed by atoms with Crippen LogP contribution in [0.2, 0.25) is 0 Å². The van der Waals surface area contributed by atoms with Crippen molar-refractivity contribution < 1.29 is 19.1 Å². The van der Waals surface area contributed by atoms with Gasteiger partial charge in [-0.2, -0.15) is 4.99 Å². The fourth-order valence-electron chi connectivity index (χ4n) is 3.05. The summed E-state index contributed by atoms with van der Waals surface area (Å²) in [5.74, 6) is 0.673. The molecule has 0 aliphatic carbocycles. The van der Waals surface area contributed by atoms with Gasteiger partial charge >= 0.3 is 12.2 Å². The van der Waals surface area contributed by atoms with Crippen LogP contribution < -0.4 is 0 Å². The lowest BCUT2D eigenvalue weighted by Gasteiger charge is -2.30. The van der Waals surface area contributed by atoms with E-state index in [1.165, 1.54) is 29.5 Å². The van der Waals surface area contributed by atoms with E-state index >= 15 is 0 Å². The Balaban J connectivity index is 2.84. The van der Waals surface area contributed by atoms with Crippen LogP contribution in [0.4, 0.5) is 9.59 Å². The van der Waals surface area contributed by atoms with E-state index in [1.807, 2.05) is 20.8 Å². The second-order valence-electron chi connectivity index (χ2n) is 9.60. The maximum atomic E-state index is 12.8. The Kier molecular flexibility index (Phi) is 9.95. The predicted octanol–water partition coefficient (Wildman–Crippen LogP) is 5.00. The van der Waals surface area contributed by atoms with Crippen molar-refractivity contribution in [2.75, 3.05) is 32.9 Å². The highest BCUT2D eigenvalue weighted by Gasteiger charge is 2.27. The number of hydrogen-bond acceptors (Lipinski definition) is 6. The molecule has 1 saturated heterocycles. The number of likely N-dealkylation sites (tertiary alicyclic amines) is 1. The highest BCUT2D eigenvalue weighted by atomic mass is 32.2. The van der Waals surface area contributed by atoms with Gasteiger partial charge in [-0.1, -0.05) is 11.8 Å². The van der Waals surface area contributed by atoms with Gasteiger partial charge in [0.05, 0.1) is 0 Å². The molecule has 0 radical (unpaired) electrons. The average Bonchev–Trinajstić information content (AvgIpc) is 2.55. The zero-order valence-corrected chi connectivity index (χ0v) is 20.2. The minimum atomic E-state index is -0.703. The summed E-state index contributed by atoms with van der Waals surface area (Å²) in [6.07, 6.45) is 4.85. The summed E-state index contributed by atoms with van der Waals surface area (Å²) in [4.78, 5) is 32.8. The van der Waals surface area contributed by atoms with Crippen LogP contribution in [0.5, 0.6) is 0 Å². The van der Waals surface area contributed by atoms with Gasteiger partial charge in [0.15, 0.2) is 5.17 Å². The Hall–Kier alpha value is -1.28. The number of amidine groups is 1. The van der Waals surface area contributed by atoms with Crippen LogP contribution >= 0.6 is 11.8 Å². The maximum Gasteiger partial charge on any atom is 0.436 e. The fraction of sp³-hybridized carbons (Fsp3) is 0.857. The number of hydrogen-bond donors (Lipinski definition) is 0. The van der Waals surface area contributed by atoms with Gasteiger partial charge in [0, 0.05) is 6.54 Å². The smallest absolute Gasteiger partial charge is 0.436 e. The summed E-state index contributed by atoms with van der Waals surface area (Å²) < 4.78 is 10.8. The molecule has 1 aliphatic rings. The SMILES string of the molecule is CSC(=NC(=O)OC(C)(C)C)N(CCCC1CCN(C)CC1)C(=O)OC(C)(C)C. The second kappa shape index (κ2) is 11.2. The maximum absolute atomic E-state index is 12.8. The second-order valence-corrected chi connectivity index (χ2v) is 10.4. The molecule has 0 N–H and O–H groups in total. The third-order valence-corrected chi connectivity index (χ3v) is 5.12. The minimum absolute atomic E-state index is 0.303. The van der Waals surface area contributed by atoms with Crippen LogP contribution in [0.25, 0.3) is 0 Å². The molecule has 0 aromatic rings. The van der Waals surface area contributed by atoms with Crippen LogP contribution in [-0.2, 0) is 9.47 Å². The predicted molar refractivity (Wildman–Crippen MR) is 120 cm³/mol. The van der Waals surface area contributed by atoms with Crippen LogP contribution in [0.15, 0.2) is 4.99 Å². The molecular formula is C21H39N3O4S. The van der Waals surface area contributed by atoms with Crippen molar-refractivity contribution in [2.24, 2.45) is 10.9 Å². The zero-order valence-electron chi connectivity index (χ0n) is 19.4. The van der Waals surface area contributed by atoms with Crippen molar-refractivity contribution in [1.29, 1.82) is 0 Å². The number of nitrogens with zero attached hydrogens (tertiary/aromatic N) is 3. The first-order chi connectivity index (χ1) is 13.3. The van der Waals surface area contributed by atoms with E-state index in [0.717, 1.165) is 25.9 Å². The van der Waals surface area contributed by atoms with Gasteiger partial charge in [-0.3, -0.25) is 4.90 Å². The Morgan fingerprint density at radius 1 is 1.07 bits per heavy atom. The average molecular weight is 430 g/mol. The molecular weight excluding hydrogens is 390 g/mol. The number of piperidine rings is 1. The van der Waals surface area contributed by atoms with Crippen LogP contribution in [0.3, 0.4) is 0 Å². The zero-order chi connectivity index (χ0) is 22.2. The number of aliphatic imine (C=N–C) groups is 1. The number of amides is 2. The number of carbonyl (C=O) groups is 2. The summed E-state index contributed by atoms with van der Waals surface area (Å²) in [7, 11) is 2.15. The third kappa shape index (κ3) is 10.9. The molecule has 0 unspecified atom stereocenters. The van der Waals surface area contributed by atoms with E-state index in [2.05, 4.69) is 16.9 Å². The standard InChI is InChI=1S/C21H39N3O4S/c1-20(2,3)27-18(25)22-17(29-8)24(19(26)28-21(4,5)6)13-9-10-16-11-14-23(7)15-12-16/h16H,9-15H2,1-8H3. The van der Waals surface area contributed by atoms with Crippen molar-refractivity contribution in [3.05, 3.63) is 0 Å². The van der Waals surface area contributed by atoms with E-state index in [4.69, 9.17) is 9.47 Å². The first-order valence-corrected chi connectivity index (χ1v) is 11.6. The first kappa shape index (κ1) is 25.8. The quantitative estimate of drug-likeness (QED) is 0.463. The molecule has 8 heteroatoms. The number of rotatable bonds is 4. The molecule has 1 aliphatic heterocycles. The fourth-order valence-corrected chi connectivity index (χ4v) is 3.60. The summed E-state index contributed by atoms with van der Waals surface area (Å²) in [5, 5.41) is 0.303. The topological polar surface area (TPSA) is 71.4 Å². The Labute approximate surface area is 180 Å². The molecule has 168 valence electrons. The molecule has 0 bridgehead atoms. The molecule has 1 rings (SSSR count). The van der Waals surface area contributed by atoms with Crippen molar-refractivity contribution >= 4 is 29.1 Å². The molecule has 7 nitrogen and oxygen atoms in total. The largest absolute Gasteiger partial charge is 0.443 e. The summed E-state index contributed by atoms with van der Waals surface area (Å²) in [5.41, 5.74) is -1.27. The summed E-state index contributed by atoms with van der Waals surface area (Å²) in [6, 6.07) is 0. The van der Waals surface area contributed by atoms with E-state index in [-0.39, 0.29) is 0 Å². The normalized spacial score (nSPS) is 17.2. The third-order valence-electron chi connectivity index (χ3n) is 4.44. The van der Waals surface area contributed by atoms with Crippen molar-refractivity contribution in [2.45, 2.75) is 78.4 Å². The monoisotopic (exact) mass is 429 g/mol. The van der Waals surface area contributed by atoms with E-state index in [9.17, 15) is 9.59 Å². The molecule has 0 saturated carbocycles. The Bertz CT molecular complexity index is 573.